The van der Waals surface area contributed by atoms with E-state index in [-0.39, 0.29) is 56.0 Å². The van der Waals surface area contributed by atoms with Crippen molar-refractivity contribution in [1.82, 2.24) is 10.6 Å². The van der Waals surface area contributed by atoms with Crippen LogP contribution in [0.2, 0.25) is 0 Å². The van der Waals surface area contributed by atoms with Crippen molar-refractivity contribution >= 4 is 67.4 Å². The minimum Gasteiger partial charge on any atom is -0.480 e. The number of nitrogens with two attached hydrogens (primary N) is 4. The van der Waals surface area contributed by atoms with Crippen molar-refractivity contribution in [2.75, 3.05) is 19.6 Å². The molecule has 0 heterocycles. The lowest BCUT2D eigenvalue weighted by atomic mass is 10.1. The minimum atomic E-state index is -1.15. The van der Waals surface area contributed by atoms with Gasteiger partial charge in [-0.3, -0.25) is 9.59 Å². The van der Waals surface area contributed by atoms with Gasteiger partial charge in [-0.15, -0.1) is 49.6 Å². The van der Waals surface area contributed by atoms with Crippen LogP contribution in [0.4, 0.5) is 0 Å². The Hall–Kier alpha value is -0.590. The number of rotatable bonds is 14. The summed E-state index contributed by atoms with van der Waals surface area (Å²) in [4.78, 5) is 35.7. The molecule has 14 heteroatoms. The summed E-state index contributed by atoms with van der Waals surface area (Å²) >= 11 is 0. The summed E-state index contributed by atoms with van der Waals surface area (Å²) in [5.41, 5.74) is 22.0. The lowest BCUT2D eigenvalue weighted by Crippen LogP contribution is -2.54. The van der Waals surface area contributed by atoms with Crippen molar-refractivity contribution in [1.29, 1.82) is 0 Å². The second kappa shape index (κ2) is 23.7. The fourth-order valence-electron chi connectivity index (χ4n) is 2.19. The standard InChI is InChI=1S/C15H32N6O4.4ClH/c16-7-1-4-10(19)13(22)20-11(5-2-8-17)14(23)21-12(15(24)25)6-3-9-18;;;;/h10-12H,1-9,16-19H2,(H,20,22)(H,21,23)(H,24,25);4*1H. The van der Waals surface area contributed by atoms with Crippen molar-refractivity contribution in [3.05, 3.63) is 0 Å². The molecular formula is C15H36Cl4N6O4. The van der Waals surface area contributed by atoms with Gasteiger partial charge in [0.1, 0.15) is 12.1 Å². The molecule has 0 aromatic heterocycles. The number of carbonyl (C=O) groups is 3. The molecule has 0 rings (SSSR count). The second-order valence-corrected chi connectivity index (χ2v) is 5.86. The van der Waals surface area contributed by atoms with E-state index in [1.54, 1.807) is 0 Å². The first-order valence-electron chi connectivity index (χ1n) is 8.56. The van der Waals surface area contributed by atoms with Crippen molar-refractivity contribution in [3.63, 3.8) is 0 Å². The number of halogens is 4. The van der Waals surface area contributed by atoms with Crippen LogP contribution in [0.5, 0.6) is 0 Å². The molecule has 29 heavy (non-hydrogen) atoms. The van der Waals surface area contributed by atoms with Crippen LogP contribution in [0.1, 0.15) is 38.5 Å². The maximum atomic E-state index is 12.4. The van der Waals surface area contributed by atoms with E-state index in [0.29, 0.717) is 51.7 Å². The normalized spacial score (nSPS) is 12.4. The molecule has 2 amide bonds. The summed E-state index contributed by atoms with van der Waals surface area (Å²) in [5, 5.41) is 14.2. The van der Waals surface area contributed by atoms with Gasteiger partial charge in [0.25, 0.3) is 0 Å². The molecular weight excluding hydrogens is 470 g/mol. The topological polar surface area (TPSA) is 200 Å². The first-order chi connectivity index (χ1) is 11.9. The maximum Gasteiger partial charge on any atom is 0.326 e. The fraction of sp³-hybridized carbons (Fsp3) is 0.800. The van der Waals surface area contributed by atoms with Crippen LogP contribution in [-0.4, -0.2) is 60.6 Å². The van der Waals surface area contributed by atoms with Crippen LogP contribution in [0.25, 0.3) is 0 Å². The molecule has 3 atom stereocenters. The van der Waals surface area contributed by atoms with Gasteiger partial charge < -0.3 is 38.7 Å². The monoisotopic (exact) mass is 504 g/mol. The van der Waals surface area contributed by atoms with Crippen LogP contribution in [0.15, 0.2) is 0 Å². The average Bonchev–Trinajstić information content (AvgIpc) is 2.59. The zero-order valence-corrected chi connectivity index (χ0v) is 19.5. The van der Waals surface area contributed by atoms with Gasteiger partial charge >= 0.3 is 5.97 Å². The third-order valence-corrected chi connectivity index (χ3v) is 3.70. The summed E-state index contributed by atoms with van der Waals surface area (Å²) in [5.74, 6) is -2.19. The van der Waals surface area contributed by atoms with Gasteiger partial charge in [0, 0.05) is 0 Å². The number of carboxylic acids is 1. The quantitative estimate of drug-likeness (QED) is 0.160. The minimum absolute atomic E-state index is 0. The summed E-state index contributed by atoms with van der Waals surface area (Å²) in [6.07, 6.45) is 2.46. The van der Waals surface area contributed by atoms with E-state index in [0.717, 1.165) is 0 Å². The predicted octanol–water partition coefficient (Wildman–Crippen LogP) is -0.728. The van der Waals surface area contributed by atoms with E-state index in [2.05, 4.69) is 10.6 Å². The van der Waals surface area contributed by atoms with Crippen LogP contribution in [0.3, 0.4) is 0 Å². The molecule has 0 fully saturated rings. The highest BCUT2D eigenvalue weighted by Crippen LogP contribution is 2.03. The smallest absolute Gasteiger partial charge is 0.326 e. The third-order valence-electron chi connectivity index (χ3n) is 3.70. The van der Waals surface area contributed by atoms with Gasteiger partial charge in [-0.25, -0.2) is 4.79 Å². The zero-order chi connectivity index (χ0) is 19.2. The van der Waals surface area contributed by atoms with Crippen molar-refractivity contribution in [2.45, 2.75) is 56.7 Å². The molecule has 0 aliphatic rings. The highest BCUT2D eigenvalue weighted by Gasteiger charge is 2.27. The van der Waals surface area contributed by atoms with Crippen molar-refractivity contribution in [2.24, 2.45) is 22.9 Å². The molecule has 0 saturated heterocycles. The van der Waals surface area contributed by atoms with Gasteiger partial charge in [0.05, 0.1) is 6.04 Å². The average molecular weight is 506 g/mol. The number of carbonyl (C=O) groups excluding carboxylic acids is 2. The molecule has 10 nitrogen and oxygen atoms in total. The van der Waals surface area contributed by atoms with Crippen molar-refractivity contribution in [3.8, 4) is 0 Å². The van der Waals surface area contributed by atoms with Gasteiger partial charge in [-0.2, -0.15) is 0 Å². The Kier molecular flexibility index (Phi) is 31.8. The number of nitrogens with one attached hydrogen (secondary N) is 2. The van der Waals surface area contributed by atoms with E-state index < -0.39 is 35.9 Å². The van der Waals surface area contributed by atoms with Crippen LogP contribution in [-0.2, 0) is 14.4 Å². The summed E-state index contributed by atoms with van der Waals surface area (Å²) in [6, 6.07) is -2.72. The largest absolute Gasteiger partial charge is 0.480 e. The molecule has 0 bridgehead atoms. The third kappa shape index (κ3) is 17.9. The molecule has 0 aromatic carbocycles. The number of amides is 2. The molecule has 0 spiro atoms. The first-order valence-corrected chi connectivity index (χ1v) is 8.56. The fourth-order valence-corrected chi connectivity index (χ4v) is 2.19. The zero-order valence-electron chi connectivity index (χ0n) is 16.2. The maximum absolute atomic E-state index is 12.4. The highest BCUT2D eigenvalue weighted by molar-refractivity contribution is 5.91. The van der Waals surface area contributed by atoms with Crippen LogP contribution < -0.4 is 33.6 Å². The molecule has 3 unspecified atom stereocenters. The van der Waals surface area contributed by atoms with Gasteiger partial charge in [0.15, 0.2) is 0 Å². The molecule has 0 aromatic rings. The number of carboxylic acid groups (broad SMARTS) is 1. The summed E-state index contributed by atoms with van der Waals surface area (Å²) in [6.45, 7) is 1.08. The summed E-state index contributed by atoms with van der Waals surface area (Å²) < 4.78 is 0. The molecule has 0 saturated carbocycles. The van der Waals surface area contributed by atoms with Crippen molar-refractivity contribution < 1.29 is 19.5 Å². The summed E-state index contributed by atoms with van der Waals surface area (Å²) in [7, 11) is 0. The Morgan fingerprint density at radius 1 is 0.690 bits per heavy atom. The Morgan fingerprint density at radius 3 is 1.48 bits per heavy atom. The lowest BCUT2D eigenvalue weighted by molar-refractivity contribution is -0.142. The Labute approximate surface area is 196 Å². The molecule has 178 valence electrons. The van der Waals surface area contributed by atoms with E-state index in [1.165, 1.54) is 0 Å². The van der Waals surface area contributed by atoms with E-state index in [9.17, 15) is 19.5 Å². The number of aliphatic carboxylic acids is 1. The molecule has 0 aliphatic heterocycles. The Morgan fingerprint density at radius 2 is 1.07 bits per heavy atom. The first kappa shape index (κ1) is 38.9. The van der Waals surface area contributed by atoms with E-state index >= 15 is 0 Å². The highest BCUT2D eigenvalue weighted by atomic mass is 35.5. The number of hydrogen-bond donors (Lipinski definition) is 7. The predicted molar refractivity (Wildman–Crippen MR) is 123 cm³/mol. The Balaban J connectivity index is -0.000000480. The van der Waals surface area contributed by atoms with Gasteiger partial charge in [-0.05, 0) is 58.2 Å². The molecule has 0 aliphatic carbocycles. The SMILES string of the molecule is Cl.Cl.Cl.Cl.NCCCC(N)C(=O)NC(CCCN)C(=O)NC(CCCN)C(=O)O. The van der Waals surface area contributed by atoms with Crippen LogP contribution >= 0.6 is 49.6 Å². The van der Waals surface area contributed by atoms with E-state index in [1.807, 2.05) is 0 Å². The van der Waals surface area contributed by atoms with Crippen LogP contribution in [0, 0.1) is 0 Å². The van der Waals surface area contributed by atoms with Gasteiger partial charge in [-0.1, -0.05) is 0 Å². The second-order valence-electron chi connectivity index (χ2n) is 5.86. The number of hydrogen-bond acceptors (Lipinski definition) is 7. The molecule has 11 N–H and O–H groups in total. The van der Waals surface area contributed by atoms with Gasteiger partial charge in [0.2, 0.25) is 11.8 Å². The Bertz CT molecular complexity index is 438. The van der Waals surface area contributed by atoms with E-state index in [4.69, 9.17) is 22.9 Å². The lowest BCUT2D eigenvalue weighted by Gasteiger charge is -2.22. The molecule has 0 radical (unpaired) electrons.